The molecular formula is C16H22ClNO2. The molecule has 0 radical (unpaired) electrons. The largest absolute Gasteiger partial charge is 0.496 e. The van der Waals surface area contributed by atoms with Gasteiger partial charge in [0.2, 0.25) is 0 Å². The van der Waals surface area contributed by atoms with Crippen molar-refractivity contribution in [3.63, 3.8) is 0 Å². The second-order valence-electron chi connectivity index (χ2n) is 5.73. The molecule has 1 aromatic carbocycles. The van der Waals surface area contributed by atoms with Crippen LogP contribution in [0, 0.1) is 5.92 Å². The molecule has 1 N–H and O–H groups in total. The predicted octanol–water partition coefficient (Wildman–Crippen LogP) is 3.57. The van der Waals surface area contributed by atoms with Gasteiger partial charge in [0.1, 0.15) is 5.75 Å². The summed E-state index contributed by atoms with van der Waals surface area (Å²) in [5, 5.41) is 4.36. The smallest absolute Gasteiger partial charge is 0.126 e. The molecule has 1 aliphatic heterocycles. The van der Waals surface area contributed by atoms with E-state index in [0.717, 1.165) is 41.9 Å². The van der Waals surface area contributed by atoms with Crippen LogP contribution in [0.25, 0.3) is 0 Å². The molecule has 2 unspecified atom stereocenters. The summed E-state index contributed by atoms with van der Waals surface area (Å²) in [6.07, 6.45) is 4.97. The van der Waals surface area contributed by atoms with Crippen LogP contribution in [0.5, 0.6) is 5.75 Å². The molecule has 0 aromatic heterocycles. The first kappa shape index (κ1) is 14.2. The topological polar surface area (TPSA) is 30.5 Å². The minimum absolute atomic E-state index is 0.0404. The Bertz CT molecular complexity index is 462. The Morgan fingerprint density at radius 1 is 1.35 bits per heavy atom. The highest BCUT2D eigenvalue weighted by atomic mass is 35.5. The molecule has 0 amide bonds. The highest BCUT2D eigenvalue weighted by molar-refractivity contribution is 6.31. The normalized spacial score (nSPS) is 26.5. The van der Waals surface area contributed by atoms with Crippen LogP contribution in [0.1, 0.15) is 37.4 Å². The first-order valence-corrected chi connectivity index (χ1v) is 7.84. The lowest BCUT2D eigenvalue weighted by atomic mass is 9.89. The number of methoxy groups -OCH3 is 1. The van der Waals surface area contributed by atoms with E-state index in [1.165, 1.54) is 19.3 Å². The van der Waals surface area contributed by atoms with Crippen LogP contribution >= 0.6 is 11.6 Å². The second-order valence-corrected chi connectivity index (χ2v) is 6.14. The van der Waals surface area contributed by atoms with Gasteiger partial charge in [0.25, 0.3) is 0 Å². The number of hydrogen-bond acceptors (Lipinski definition) is 3. The highest BCUT2D eigenvalue weighted by Gasteiger charge is 2.32. The number of hydrogen-bond donors (Lipinski definition) is 1. The van der Waals surface area contributed by atoms with Gasteiger partial charge in [-0.2, -0.15) is 0 Å². The quantitative estimate of drug-likeness (QED) is 0.901. The van der Waals surface area contributed by atoms with Gasteiger partial charge < -0.3 is 14.8 Å². The lowest BCUT2D eigenvalue weighted by Gasteiger charge is -2.33. The lowest BCUT2D eigenvalue weighted by Crippen LogP contribution is -2.33. The summed E-state index contributed by atoms with van der Waals surface area (Å²) in [5.74, 6) is 1.30. The van der Waals surface area contributed by atoms with Gasteiger partial charge in [0.15, 0.2) is 0 Å². The van der Waals surface area contributed by atoms with Gasteiger partial charge in [-0.3, -0.25) is 0 Å². The predicted molar refractivity (Wildman–Crippen MR) is 80.4 cm³/mol. The molecule has 2 atom stereocenters. The summed E-state index contributed by atoms with van der Waals surface area (Å²) in [6.45, 7) is 1.81. The molecule has 110 valence electrons. The van der Waals surface area contributed by atoms with E-state index in [1.54, 1.807) is 7.11 Å². The van der Waals surface area contributed by atoms with Gasteiger partial charge >= 0.3 is 0 Å². The van der Waals surface area contributed by atoms with Crippen LogP contribution in [0.15, 0.2) is 18.2 Å². The Labute approximate surface area is 125 Å². The fourth-order valence-electron chi connectivity index (χ4n) is 2.95. The van der Waals surface area contributed by atoms with E-state index < -0.39 is 0 Å². The Kier molecular flexibility index (Phi) is 4.49. The second kappa shape index (κ2) is 6.33. The fourth-order valence-corrected chi connectivity index (χ4v) is 3.22. The average Bonchev–Trinajstić information content (AvgIpc) is 3.29. The number of benzene rings is 1. The van der Waals surface area contributed by atoms with Crippen LogP contribution < -0.4 is 10.1 Å². The summed E-state index contributed by atoms with van der Waals surface area (Å²) in [4.78, 5) is 0. The first-order chi connectivity index (χ1) is 9.79. The van der Waals surface area contributed by atoms with E-state index in [4.69, 9.17) is 21.1 Å². The van der Waals surface area contributed by atoms with E-state index in [-0.39, 0.29) is 6.10 Å². The third-order valence-electron chi connectivity index (χ3n) is 4.21. The zero-order chi connectivity index (χ0) is 13.9. The minimum atomic E-state index is 0.0404. The van der Waals surface area contributed by atoms with E-state index in [2.05, 4.69) is 5.32 Å². The molecule has 1 saturated carbocycles. The minimum Gasteiger partial charge on any atom is -0.496 e. The fraction of sp³-hybridized carbons (Fsp3) is 0.625. The third-order valence-corrected chi connectivity index (χ3v) is 4.54. The monoisotopic (exact) mass is 295 g/mol. The van der Waals surface area contributed by atoms with Crippen LogP contribution in [0.4, 0.5) is 0 Å². The molecule has 1 heterocycles. The Balaban J connectivity index is 1.80. The van der Waals surface area contributed by atoms with Crippen molar-refractivity contribution >= 4 is 11.6 Å². The number of halogens is 1. The van der Waals surface area contributed by atoms with Crippen molar-refractivity contribution in [2.24, 2.45) is 5.92 Å². The van der Waals surface area contributed by atoms with Gasteiger partial charge in [-0.05, 0) is 37.8 Å². The van der Waals surface area contributed by atoms with Gasteiger partial charge in [0, 0.05) is 30.7 Å². The summed E-state index contributed by atoms with van der Waals surface area (Å²) in [5.41, 5.74) is 1.01. The average molecular weight is 296 g/mol. The molecule has 1 aromatic rings. The highest BCUT2D eigenvalue weighted by Crippen LogP contribution is 2.41. The number of rotatable bonds is 5. The van der Waals surface area contributed by atoms with Crippen molar-refractivity contribution in [1.82, 2.24) is 5.32 Å². The maximum Gasteiger partial charge on any atom is 0.126 e. The molecular weight excluding hydrogens is 274 g/mol. The lowest BCUT2D eigenvalue weighted by molar-refractivity contribution is -0.0289. The molecule has 3 rings (SSSR count). The molecule has 0 spiro atoms. The van der Waals surface area contributed by atoms with E-state index in [9.17, 15) is 0 Å². The molecule has 1 saturated heterocycles. The molecule has 20 heavy (non-hydrogen) atoms. The van der Waals surface area contributed by atoms with Gasteiger partial charge in [-0.25, -0.2) is 0 Å². The summed E-state index contributed by atoms with van der Waals surface area (Å²) in [7, 11) is 1.69. The van der Waals surface area contributed by atoms with Crippen molar-refractivity contribution in [2.75, 3.05) is 20.3 Å². The summed E-state index contributed by atoms with van der Waals surface area (Å²) in [6, 6.07) is 6.53. The summed E-state index contributed by atoms with van der Waals surface area (Å²) >= 11 is 6.40. The van der Waals surface area contributed by atoms with Crippen molar-refractivity contribution in [3.8, 4) is 5.75 Å². The Morgan fingerprint density at radius 3 is 2.95 bits per heavy atom. The van der Waals surface area contributed by atoms with E-state index >= 15 is 0 Å². The molecule has 1 aliphatic carbocycles. The van der Waals surface area contributed by atoms with Gasteiger partial charge in [-0.1, -0.05) is 17.7 Å². The van der Waals surface area contributed by atoms with E-state index in [0.29, 0.717) is 5.92 Å². The van der Waals surface area contributed by atoms with E-state index in [1.807, 2.05) is 18.2 Å². The standard InChI is InChI=1S/C16H22ClNO2/c1-19-14-6-2-5-13(17)15(14)16-11(4-3-9-20-16)10-18-12-7-8-12/h2,5-6,11-12,16,18H,3-4,7-10H2,1H3. The van der Waals surface area contributed by atoms with Crippen molar-refractivity contribution in [1.29, 1.82) is 0 Å². The zero-order valence-electron chi connectivity index (χ0n) is 11.9. The first-order valence-electron chi connectivity index (χ1n) is 7.47. The maximum absolute atomic E-state index is 6.40. The van der Waals surface area contributed by atoms with Crippen LogP contribution in [0.2, 0.25) is 5.02 Å². The van der Waals surface area contributed by atoms with Crippen LogP contribution in [0.3, 0.4) is 0 Å². The van der Waals surface area contributed by atoms with Crippen molar-refractivity contribution in [2.45, 2.75) is 37.8 Å². The molecule has 3 nitrogen and oxygen atoms in total. The molecule has 0 bridgehead atoms. The van der Waals surface area contributed by atoms with Crippen LogP contribution in [-0.4, -0.2) is 26.3 Å². The number of nitrogens with one attached hydrogen (secondary N) is 1. The van der Waals surface area contributed by atoms with Gasteiger partial charge in [-0.15, -0.1) is 0 Å². The van der Waals surface area contributed by atoms with Crippen molar-refractivity contribution in [3.05, 3.63) is 28.8 Å². The third kappa shape index (κ3) is 3.11. The van der Waals surface area contributed by atoms with Gasteiger partial charge in [0.05, 0.1) is 18.2 Å². The Hall–Kier alpha value is -0.770. The molecule has 2 fully saturated rings. The van der Waals surface area contributed by atoms with Crippen molar-refractivity contribution < 1.29 is 9.47 Å². The van der Waals surface area contributed by atoms with Crippen LogP contribution in [-0.2, 0) is 4.74 Å². The SMILES string of the molecule is COc1cccc(Cl)c1C1OCCCC1CNC1CC1. The zero-order valence-corrected chi connectivity index (χ0v) is 12.7. The molecule has 2 aliphatic rings. The maximum atomic E-state index is 6.40. The molecule has 4 heteroatoms. The Morgan fingerprint density at radius 2 is 2.20 bits per heavy atom. The summed E-state index contributed by atoms with van der Waals surface area (Å²) < 4.78 is 11.5. The number of ether oxygens (including phenoxy) is 2.